The molecule has 0 aromatic carbocycles. The topological polar surface area (TPSA) is 52.6 Å². The second-order valence-electron chi connectivity index (χ2n) is 4.30. The predicted molar refractivity (Wildman–Crippen MR) is 70.0 cm³/mol. The van der Waals surface area contributed by atoms with Gasteiger partial charge in [0.15, 0.2) is 0 Å². The molecule has 18 heavy (non-hydrogen) atoms. The number of carbonyl (C=O) groups excluding carboxylic acids is 2. The first-order valence-electron chi connectivity index (χ1n) is 6.50. The average Bonchev–Trinajstić information content (AvgIpc) is 2.29. The second kappa shape index (κ2) is 9.68. The summed E-state index contributed by atoms with van der Waals surface area (Å²) in [5.41, 5.74) is 0.625. The molecule has 0 spiro atoms. The van der Waals surface area contributed by atoms with Gasteiger partial charge in [0.1, 0.15) is 0 Å². The Hall–Kier alpha value is -1.32. The maximum Gasteiger partial charge on any atom is 0.333 e. The monoisotopic (exact) mass is 256 g/mol. The normalized spacial score (nSPS) is 13.0. The highest BCUT2D eigenvalue weighted by atomic mass is 16.5. The van der Waals surface area contributed by atoms with Crippen LogP contribution >= 0.6 is 0 Å². The van der Waals surface area contributed by atoms with Gasteiger partial charge in [-0.05, 0) is 39.5 Å². The van der Waals surface area contributed by atoms with Crippen LogP contribution in [0.1, 0.15) is 47.0 Å². The van der Waals surface area contributed by atoms with Gasteiger partial charge in [-0.2, -0.15) is 0 Å². The molecule has 0 aliphatic carbocycles. The molecule has 0 N–H and O–H groups in total. The Morgan fingerprint density at radius 2 is 1.78 bits per heavy atom. The molecule has 0 radical (unpaired) electrons. The molecule has 0 aliphatic heterocycles. The molecule has 0 heterocycles. The summed E-state index contributed by atoms with van der Waals surface area (Å²) in [7, 11) is 0. The first kappa shape index (κ1) is 16.7. The number of esters is 2. The van der Waals surface area contributed by atoms with Gasteiger partial charge in [0.2, 0.25) is 0 Å². The zero-order valence-electron chi connectivity index (χ0n) is 11.8. The molecule has 0 rings (SSSR count). The molecule has 0 unspecified atom stereocenters. The Morgan fingerprint density at radius 3 is 2.33 bits per heavy atom. The van der Waals surface area contributed by atoms with Crippen LogP contribution in [-0.2, 0) is 19.1 Å². The quantitative estimate of drug-likeness (QED) is 0.495. The maximum atomic E-state index is 11.3. The highest BCUT2D eigenvalue weighted by molar-refractivity contribution is 5.87. The van der Waals surface area contributed by atoms with Crippen LogP contribution in [0.2, 0.25) is 0 Å². The molecule has 4 heteroatoms. The van der Waals surface area contributed by atoms with Gasteiger partial charge in [-0.3, -0.25) is 4.79 Å². The molecule has 0 bridgehead atoms. The van der Waals surface area contributed by atoms with E-state index in [4.69, 9.17) is 9.47 Å². The summed E-state index contributed by atoms with van der Waals surface area (Å²) in [6, 6.07) is 0. The Kier molecular flexibility index (Phi) is 8.97. The summed E-state index contributed by atoms with van der Waals surface area (Å²) in [5, 5.41) is 0. The Morgan fingerprint density at radius 1 is 1.17 bits per heavy atom. The van der Waals surface area contributed by atoms with Crippen molar-refractivity contribution in [1.82, 2.24) is 0 Å². The fourth-order valence-electron chi connectivity index (χ4n) is 1.52. The fraction of sp³-hybridized carbons (Fsp3) is 0.714. The molecular formula is C14H24O4. The molecule has 4 nitrogen and oxygen atoms in total. The van der Waals surface area contributed by atoms with Crippen molar-refractivity contribution in [1.29, 1.82) is 0 Å². The zero-order valence-corrected chi connectivity index (χ0v) is 11.8. The highest BCUT2D eigenvalue weighted by Crippen LogP contribution is 2.13. The molecule has 0 aromatic rings. The van der Waals surface area contributed by atoms with Gasteiger partial charge in [0, 0.05) is 12.0 Å². The predicted octanol–water partition coefficient (Wildman–Crippen LogP) is 2.87. The molecule has 0 aliphatic rings. The minimum absolute atomic E-state index is 0.156. The lowest BCUT2D eigenvalue weighted by Crippen LogP contribution is -2.09. The third kappa shape index (κ3) is 7.87. The van der Waals surface area contributed by atoms with Crippen LogP contribution in [0.5, 0.6) is 0 Å². The molecule has 0 fully saturated rings. The maximum absolute atomic E-state index is 11.3. The molecule has 0 saturated carbocycles. The SMILES string of the molecule is CCOC(=O)C[C@@H](C)CC/C=C(\C)C(=O)OCC. The number of rotatable bonds is 8. The first-order valence-corrected chi connectivity index (χ1v) is 6.50. The summed E-state index contributed by atoms with van der Waals surface area (Å²) < 4.78 is 9.76. The van der Waals surface area contributed by atoms with Crippen molar-refractivity contribution in [3.8, 4) is 0 Å². The number of allylic oxidation sites excluding steroid dienone is 1. The van der Waals surface area contributed by atoms with Gasteiger partial charge in [0.25, 0.3) is 0 Å². The third-order valence-corrected chi connectivity index (χ3v) is 2.53. The van der Waals surface area contributed by atoms with E-state index in [1.165, 1.54) is 0 Å². The van der Waals surface area contributed by atoms with Crippen molar-refractivity contribution in [3.05, 3.63) is 11.6 Å². The standard InChI is InChI=1S/C14H24O4/c1-5-17-13(15)10-11(3)8-7-9-12(4)14(16)18-6-2/h9,11H,5-8,10H2,1-4H3/b12-9+/t11-/m0/s1. The highest BCUT2D eigenvalue weighted by Gasteiger charge is 2.09. The van der Waals surface area contributed by atoms with E-state index >= 15 is 0 Å². The van der Waals surface area contributed by atoms with Gasteiger partial charge in [-0.15, -0.1) is 0 Å². The number of hydrogen-bond acceptors (Lipinski definition) is 4. The molecular weight excluding hydrogens is 232 g/mol. The summed E-state index contributed by atoms with van der Waals surface area (Å²) >= 11 is 0. The minimum atomic E-state index is -0.268. The summed E-state index contributed by atoms with van der Waals surface area (Å²) in [6.45, 7) is 8.15. The van der Waals surface area contributed by atoms with Crippen molar-refractivity contribution in [2.75, 3.05) is 13.2 Å². The molecule has 104 valence electrons. The van der Waals surface area contributed by atoms with E-state index in [1.807, 2.05) is 13.0 Å². The minimum Gasteiger partial charge on any atom is -0.466 e. The van der Waals surface area contributed by atoms with Crippen LogP contribution < -0.4 is 0 Å². The average molecular weight is 256 g/mol. The van der Waals surface area contributed by atoms with Gasteiger partial charge in [0.05, 0.1) is 13.2 Å². The fourth-order valence-corrected chi connectivity index (χ4v) is 1.52. The molecule has 0 aromatic heterocycles. The lowest BCUT2D eigenvalue weighted by molar-refractivity contribution is -0.144. The lowest BCUT2D eigenvalue weighted by atomic mass is 10.0. The van der Waals surface area contributed by atoms with E-state index in [9.17, 15) is 9.59 Å². The smallest absolute Gasteiger partial charge is 0.333 e. The number of carbonyl (C=O) groups is 2. The van der Waals surface area contributed by atoms with Crippen LogP contribution in [0.25, 0.3) is 0 Å². The van der Waals surface area contributed by atoms with Crippen molar-refractivity contribution in [3.63, 3.8) is 0 Å². The van der Waals surface area contributed by atoms with Crippen molar-refractivity contribution >= 4 is 11.9 Å². The summed E-state index contributed by atoms with van der Waals surface area (Å²) in [4.78, 5) is 22.5. The molecule has 1 atom stereocenters. The van der Waals surface area contributed by atoms with Crippen LogP contribution in [0.15, 0.2) is 11.6 Å². The second-order valence-corrected chi connectivity index (χ2v) is 4.30. The Labute approximate surface area is 109 Å². The van der Waals surface area contributed by atoms with E-state index in [1.54, 1.807) is 20.8 Å². The largest absolute Gasteiger partial charge is 0.466 e. The molecule has 0 amide bonds. The van der Waals surface area contributed by atoms with Gasteiger partial charge in [-0.25, -0.2) is 4.79 Å². The van der Waals surface area contributed by atoms with Gasteiger partial charge < -0.3 is 9.47 Å². The Bertz CT molecular complexity index is 294. The number of ether oxygens (including phenoxy) is 2. The van der Waals surface area contributed by atoms with Crippen LogP contribution in [-0.4, -0.2) is 25.2 Å². The van der Waals surface area contributed by atoms with Crippen molar-refractivity contribution < 1.29 is 19.1 Å². The van der Waals surface area contributed by atoms with Crippen LogP contribution in [0, 0.1) is 5.92 Å². The van der Waals surface area contributed by atoms with E-state index in [-0.39, 0.29) is 17.9 Å². The van der Waals surface area contributed by atoms with Gasteiger partial charge >= 0.3 is 11.9 Å². The van der Waals surface area contributed by atoms with E-state index in [0.717, 1.165) is 12.8 Å². The van der Waals surface area contributed by atoms with E-state index in [0.29, 0.717) is 25.2 Å². The summed E-state index contributed by atoms with van der Waals surface area (Å²) in [6.07, 6.45) is 3.92. The summed E-state index contributed by atoms with van der Waals surface area (Å²) in [5.74, 6) is -0.165. The van der Waals surface area contributed by atoms with E-state index in [2.05, 4.69) is 0 Å². The first-order chi connectivity index (χ1) is 8.51. The van der Waals surface area contributed by atoms with Crippen LogP contribution in [0.3, 0.4) is 0 Å². The van der Waals surface area contributed by atoms with Crippen molar-refractivity contribution in [2.45, 2.75) is 47.0 Å². The van der Waals surface area contributed by atoms with E-state index < -0.39 is 0 Å². The zero-order chi connectivity index (χ0) is 14.0. The third-order valence-electron chi connectivity index (χ3n) is 2.53. The lowest BCUT2D eigenvalue weighted by Gasteiger charge is -2.09. The van der Waals surface area contributed by atoms with Crippen molar-refractivity contribution in [2.24, 2.45) is 5.92 Å². The Balaban J connectivity index is 3.91. The van der Waals surface area contributed by atoms with Gasteiger partial charge in [-0.1, -0.05) is 13.0 Å². The number of hydrogen-bond donors (Lipinski definition) is 0. The molecule has 0 saturated heterocycles. The van der Waals surface area contributed by atoms with Crippen LogP contribution in [0.4, 0.5) is 0 Å².